The number of carbonyl (C=O) groups excluding carboxylic acids is 1. The zero-order valence-corrected chi connectivity index (χ0v) is 13.6. The van der Waals surface area contributed by atoms with Gasteiger partial charge in [0.2, 0.25) is 5.91 Å². The Bertz CT molecular complexity index is 665. The zero-order valence-electron chi connectivity index (χ0n) is 13.6. The Morgan fingerprint density at radius 1 is 1.42 bits per heavy atom. The van der Waals surface area contributed by atoms with Crippen molar-refractivity contribution in [2.75, 3.05) is 13.2 Å². The summed E-state index contributed by atoms with van der Waals surface area (Å²) in [6.45, 7) is 1.68. The van der Waals surface area contributed by atoms with E-state index in [1.165, 1.54) is 0 Å². The minimum absolute atomic E-state index is 0.00401. The average Bonchev–Trinajstić information content (AvgIpc) is 3.24. The maximum absolute atomic E-state index is 11.9. The Kier molecular flexibility index (Phi) is 5.37. The lowest BCUT2D eigenvalue weighted by atomic mass is 10.1. The van der Waals surface area contributed by atoms with Crippen molar-refractivity contribution in [3.63, 3.8) is 0 Å². The molecule has 1 fully saturated rings. The highest BCUT2D eigenvalue weighted by Gasteiger charge is 2.16. The molecule has 8 heteroatoms. The Balaban J connectivity index is 1.43. The highest BCUT2D eigenvalue weighted by atomic mass is 16.5. The monoisotopic (exact) mass is 331 g/mol. The summed E-state index contributed by atoms with van der Waals surface area (Å²) in [5.41, 5.74) is 0.938. The van der Waals surface area contributed by atoms with Gasteiger partial charge in [0.05, 0.1) is 12.5 Å². The molecule has 1 atom stereocenters. The predicted molar refractivity (Wildman–Crippen MR) is 85.3 cm³/mol. The van der Waals surface area contributed by atoms with Crippen molar-refractivity contribution < 1.29 is 14.3 Å². The molecule has 1 N–H and O–H groups in total. The fourth-order valence-corrected chi connectivity index (χ4v) is 2.50. The van der Waals surface area contributed by atoms with Crippen LogP contribution in [0.1, 0.15) is 24.2 Å². The van der Waals surface area contributed by atoms with Gasteiger partial charge in [-0.1, -0.05) is 12.1 Å². The van der Waals surface area contributed by atoms with Crippen LogP contribution in [0.15, 0.2) is 24.3 Å². The van der Waals surface area contributed by atoms with E-state index in [0.717, 1.165) is 25.0 Å². The second-order valence-corrected chi connectivity index (χ2v) is 5.77. The number of ether oxygens (including phenoxy) is 2. The van der Waals surface area contributed by atoms with Crippen LogP contribution in [0.2, 0.25) is 0 Å². The molecule has 1 aromatic heterocycles. The Hall–Kier alpha value is -2.48. The minimum atomic E-state index is 0.00401. The van der Waals surface area contributed by atoms with E-state index in [1.54, 1.807) is 11.7 Å². The van der Waals surface area contributed by atoms with E-state index in [4.69, 9.17) is 9.47 Å². The first-order valence-corrected chi connectivity index (χ1v) is 8.02. The summed E-state index contributed by atoms with van der Waals surface area (Å²) in [6.07, 6.45) is 2.61. The van der Waals surface area contributed by atoms with Crippen molar-refractivity contribution in [3.05, 3.63) is 35.7 Å². The van der Waals surface area contributed by atoms with E-state index in [2.05, 4.69) is 20.8 Å². The number of carbonyl (C=O) groups is 1. The Morgan fingerprint density at radius 3 is 2.92 bits per heavy atom. The molecule has 8 nitrogen and oxygen atoms in total. The molecule has 1 aliphatic rings. The standard InChI is InChI=1S/C16H21N5O3/c1-21-15(18-19-20-21)11-24-13-6-4-12(5-7-13)9-16(22)17-10-14-3-2-8-23-14/h4-7,14H,2-3,8-11H2,1H3,(H,17,22). The van der Waals surface area contributed by atoms with Crippen molar-refractivity contribution in [1.82, 2.24) is 25.5 Å². The topological polar surface area (TPSA) is 91.2 Å². The van der Waals surface area contributed by atoms with Crippen LogP contribution >= 0.6 is 0 Å². The van der Waals surface area contributed by atoms with E-state index < -0.39 is 0 Å². The number of tetrazole rings is 1. The molecule has 1 saturated heterocycles. The molecule has 24 heavy (non-hydrogen) atoms. The summed E-state index contributed by atoms with van der Waals surface area (Å²) in [5.74, 6) is 1.36. The van der Waals surface area contributed by atoms with Gasteiger partial charge in [0.25, 0.3) is 0 Å². The molecule has 3 rings (SSSR count). The molecule has 0 saturated carbocycles. The molecular weight excluding hydrogens is 310 g/mol. The maximum Gasteiger partial charge on any atom is 0.224 e. The van der Waals surface area contributed by atoms with Gasteiger partial charge < -0.3 is 14.8 Å². The maximum atomic E-state index is 11.9. The number of aromatic nitrogens is 4. The molecule has 0 aliphatic carbocycles. The number of nitrogens with zero attached hydrogens (tertiary/aromatic N) is 4. The van der Waals surface area contributed by atoms with Crippen molar-refractivity contribution in [2.45, 2.75) is 32.0 Å². The number of rotatable bonds is 7. The van der Waals surface area contributed by atoms with Crippen molar-refractivity contribution in [2.24, 2.45) is 7.05 Å². The van der Waals surface area contributed by atoms with Gasteiger partial charge in [-0.2, -0.15) is 0 Å². The minimum Gasteiger partial charge on any atom is -0.486 e. The van der Waals surface area contributed by atoms with Gasteiger partial charge in [-0.05, 0) is 41.0 Å². The third-order valence-corrected chi connectivity index (χ3v) is 3.91. The van der Waals surface area contributed by atoms with Crippen LogP contribution < -0.4 is 10.1 Å². The van der Waals surface area contributed by atoms with Crippen LogP contribution in [0, 0.1) is 0 Å². The lowest BCUT2D eigenvalue weighted by Crippen LogP contribution is -2.32. The second-order valence-electron chi connectivity index (χ2n) is 5.77. The normalized spacial score (nSPS) is 17.0. The van der Waals surface area contributed by atoms with Gasteiger partial charge >= 0.3 is 0 Å². The van der Waals surface area contributed by atoms with Gasteiger partial charge in [0, 0.05) is 20.2 Å². The molecule has 128 valence electrons. The average molecular weight is 331 g/mol. The van der Waals surface area contributed by atoms with Crippen LogP contribution in [0.3, 0.4) is 0 Å². The number of nitrogens with one attached hydrogen (secondary N) is 1. The summed E-state index contributed by atoms with van der Waals surface area (Å²) in [6, 6.07) is 7.45. The van der Waals surface area contributed by atoms with Crippen LogP contribution in [0.5, 0.6) is 5.75 Å². The Labute approximate surface area is 140 Å². The largest absolute Gasteiger partial charge is 0.486 e. The summed E-state index contributed by atoms with van der Waals surface area (Å²) in [4.78, 5) is 11.9. The summed E-state index contributed by atoms with van der Waals surface area (Å²) in [7, 11) is 1.76. The molecule has 0 spiro atoms. The first-order chi connectivity index (χ1) is 11.7. The van der Waals surface area contributed by atoms with Crippen LogP contribution in [0.4, 0.5) is 0 Å². The van der Waals surface area contributed by atoms with Gasteiger partial charge in [0.15, 0.2) is 5.82 Å². The molecule has 1 amide bonds. The number of hydrogen-bond donors (Lipinski definition) is 1. The number of aryl methyl sites for hydroxylation is 1. The van der Waals surface area contributed by atoms with Crippen LogP contribution in [-0.2, 0) is 29.6 Å². The second kappa shape index (κ2) is 7.87. The van der Waals surface area contributed by atoms with Gasteiger partial charge in [-0.3, -0.25) is 4.79 Å². The van der Waals surface area contributed by atoms with Gasteiger partial charge in [-0.15, -0.1) is 5.10 Å². The van der Waals surface area contributed by atoms with Crippen molar-refractivity contribution in [3.8, 4) is 5.75 Å². The van der Waals surface area contributed by atoms with E-state index in [1.807, 2.05) is 24.3 Å². The fourth-order valence-electron chi connectivity index (χ4n) is 2.50. The molecule has 1 unspecified atom stereocenters. The Morgan fingerprint density at radius 2 is 2.25 bits per heavy atom. The smallest absolute Gasteiger partial charge is 0.224 e. The van der Waals surface area contributed by atoms with E-state index in [9.17, 15) is 4.79 Å². The van der Waals surface area contributed by atoms with Crippen LogP contribution in [0.25, 0.3) is 0 Å². The molecule has 0 bridgehead atoms. The summed E-state index contributed by atoms with van der Waals surface area (Å²) >= 11 is 0. The third kappa shape index (κ3) is 4.51. The first-order valence-electron chi connectivity index (χ1n) is 8.02. The van der Waals surface area contributed by atoms with E-state index >= 15 is 0 Å². The lowest BCUT2D eigenvalue weighted by Gasteiger charge is -2.11. The fraction of sp³-hybridized carbons (Fsp3) is 0.500. The summed E-state index contributed by atoms with van der Waals surface area (Å²) in [5, 5.41) is 14.1. The SMILES string of the molecule is Cn1nnnc1COc1ccc(CC(=O)NCC2CCCO2)cc1. The predicted octanol–water partition coefficient (Wildman–Crippen LogP) is 0.627. The van der Waals surface area contributed by atoms with E-state index in [-0.39, 0.29) is 12.0 Å². The number of benzene rings is 1. The number of amides is 1. The van der Waals surface area contributed by atoms with Crippen LogP contribution in [-0.4, -0.2) is 45.4 Å². The number of hydrogen-bond acceptors (Lipinski definition) is 6. The van der Waals surface area contributed by atoms with Gasteiger partial charge in [0.1, 0.15) is 12.4 Å². The first kappa shape index (κ1) is 16.4. The highest BCUT2D eigenvalue weighted by Crippen LogP contribution is 2.14. The highest BCUT2D eigenvalue weighted by molar-refractivity contribution is 5.78. The summed E-state index contributed by atoms with van der Waals surface area (Å²) < 4.78 is 12.7. The molecular formula is C16H21N5O3. The molecule has 0 radical (unpaired) electrons. The zero-order chi connectivity index (χ0) is 16.8. The molecule has 1 aromatic carbocycles. The molecule has 1 aliphatic heterocycles. The van der Waals surface area contributed by atoms with E-state index in [0.29, 0.717) is 31.1 Å². The van der Waals surface area contributed by atoms with Crippen molar-refractivity contribution >= 4 is 5.91 Å². The quantitative estimate of drug-likeness (QED) is 0.800. The third-order valence-electron chi connectivity index (χ3n) is 3.91. The lowest BCUT2D eigenvalue weighted by molar-refractivity contribution is -0.120. The molecule has 2 heterocycles. The molecule has 2 aromatic rings. The van der Waals surface area contributed by atoms with Crippen molar-refractivity contribution in [1.29, 1.82) is 0 Å². The van der Waals surface area contributed by atoms with Gasteiger partial charge in [-0.25, -0.2) is 4.68 Å².